The highest BCUT2D eigenvalue weighted by Crippen LogP contribution is 2.50. The summed E-state index contributed by atoms with van der Waals surface area (Å²) in [6.45, 7) is 2.69. The van der Waals surface area contributed by atoms with Gasteiger partial charge in [0, 0.05) is 6.42 Å². The number of ether oxygens (including phenoxy) is 2. The van der Waals surface area contributed by atoms with Gasteiger partial charge in [0.25, 0.3) is 0 Å². The molecule has 104 valence electrons. The number of aliphatic hydroxyl groups excluding tert-OH is 1. The van der Waals surface area contributed by atoms with Crippen molar-refractivity contribution in [1.29, 1.82) is 0 Å². The van der Waals surface area contributed by atoms with Gasteiger partial charge in [-0.2, -0.15) is 0 Å². The van der Waals surface area contributed by atoms with Gasteiger partial charge in [0.1, 0.15) is 0 Å². The van der Waals surface area contributed by atoms with Crippen molar-refractivity contribution < 1.29 is 33.6 Å². The van der Waals surface area contributed by atoms with E-state index < -0.39 is 19.1 Å². The van der Waals surface area contributed by atoms with Gasteiger partial charge < -0.3 is 33.6 Å². The summed E-state index contributed by atoms with van der Waals surface area (Å²) in [6, 6.07) is 0. The lowest BCUT2D eigenvalue weighted by Gasteiger charge is -2.39. The number of hydrogen-bond acceptors (Lipinski definition) is 7. The third-order valence-electron chi connectivity index (χ3n) is 2.90. The Balaban J connectivity index is 1.78. The van der Waals surface area contributed by atoms with Crippen molar-refractivity contribution in [2.45, 2.75) is 37.9 Å². The smallest absolute Gasteiger partial charge is 0.394 e. The molecule has 0 aromatic heterocycles. The van der Waals surface area contributed by atoms with Crippen LogP contribution in [-0.4, -0.2) is 55.7 Å². The molecule has 8 heteroatoms. The van der Waals surface area contributed by atoms with Crippen molar-refractivity contribution in [3.8, 4) is 0 Å². The maximum Gasteiger partial charge on any atom is 0.649 e. The van der Waals surface area contributed by atoms with Gasteiger partial charge in [-0.25, -0.2) is 0 Å². The van der Waals surface area contributed by atoms with E-state index in [1.807, 2.05) is 6.92 Å². The van der Waals surface area contributed by atoms with Gasteiger partial charge in [-0.05, 0) is 6.42 Å². The van der Waals surface area contributed by atoms with Crippen LogP contribution in [0.2, 0.25) is 0 Å². The van der Waals surface area contributed by atoms with Crippen LogP contribution in [0, 0.1) is 0 Å². The van der Waals surface area contributed by atoms with E-state index in [4.69, 9.17) is 28.5 Å². The van der Waals surface area contributed by atoms with Crippen molar-refractivity contribution in [3.05, 3.63) is 0 Å². The zero-order valence-corrected chi connectivity index (χ0v) is 10.5. The third kappa shape index (κ3) is 2.55. The molecule has 3 rings (SSSR count). The van der Waals surface area contributed by atoms with Gasteiger partial charge in [0.2, 0.25) is 5.79 Å². The minimum Gasteiger partial charge on any atom is -0.394 e. The average molecular weight is 262 g/mol. The van der Waals surface area contributed by atoms with Crippen molar-refractivity contribution in [2.24, 2.45) is 0 Å². The molecule has 0 amide bonds. The molecule has 0 spiro atoms. The molecule has 0 saturated carbocycles. The van der Waals surface area contributed by atoms with Crippen molar-refractivity contribution in [2.75, 3.05) is 26.4 Å². The van der Waals surface area contributed by atoms with Crippen LogP contribution in [-0.2, 0) is 23.4 Å². The third-order valence-corrected chi connectivity index (χ3v) is 2.90. The predicted octanol–water partition coefficient (Wildman–Crippen LogP) is -0.394. The lowest BCUT2D eigenvalue weighted by Crippen LogP contribution is -2.60. The van der Waals surface area contributed by atoms with Gasteiger partial charge in [0.15, 0.2) is 0 Å². The average Bonchev–Trinajstić information content (AvgIpc) is 2.74. The largest absolute Gasteiger partial charge is 0.649 e. The Morgan fingerprint density at radius 3 is 2.61 bits per heavy atom. The summed E-state index contributed by atoms with van der Waals surface area (Å²) in [5.41, 5.74) is 0. The van der Waals surface area contributed by atoms with E-state index >= 15 is 0 Å². The monoisotopic (exact) mass is 262 g/mol. The molecule has 7 nitrogen and oxygen atoms in total. The highest BCUT2D eigenvalue weighted by atomic mass is 17.1. The van der Waals surface area contributed by atoms with Gasteiger partial charge in [-0.3, -0.25) is 0 Å². The van der Waals surface area contributed by atoms with Gasteiger partial charge in [0.05, 0.1) is 26.4 Å². The molecule has 2 bridgehead atoms. The molecule has 18 heavy (non-hydrogen) atoms. The molecule has 3 aliphatic heterocycles. The lowest BCUT2D eigenvalue weighted by molar-refractivity contribution is -0.420. The maximum atomic E-state index is 10.3. The molecule has 3 saturated heterocycles. The molecule has 3 heterocycles. The molecule has 0 aromatic rings. The number of fused-ring (bicyclic) bond motifs is 1. The molecule has 1 atom stereocenters. The minimum atomic E-state index is -1.55. The van der Waals surface area contributed by atoms with E-state index in [0.29, 0.717) is 6.42 Å². The fourth-order valence-corrected chi connectivity index (χ4v) is 1.94. The second kappa shape index (κ2) is 5.83. The predicted molar refractivity (Wildman–Crippen MR) is 60.1 cm³/mol. The highest BCUT2D eigenvalue weighted by molar-refractivity contribution is 6.40. The zero-order chi connectivity index (χ0) is 13.1. The Kier molecular flexibility index (Phi) is 4.60. The topological polar surface area (TPSA) is 86.6 Å². The Bertz CT molecular complexity index is 271. The first-order valence-electron chi connectivity index (χ1n) is 6.24. The fourth-order valence-electron chi connectivity index (χ4n) is 1.94. The highest BCUT2D eigenvalue weighted by Gasteiger charge is 2.76. The lowest BCUT2D eigenvalue weighted by atomic mass is 10.1. The molecule has 0 aromatic carbocycles. The Hall–Kier alpha value is -0.215. The molecule has 3 fully saturated rings. The van der Waals surface area contributed by atoms with E-state index in [-0.39, 0.29) is 26.4 Å². The van der Waals surface area contributed by atoms with Crippen LogP contribution in [0.5, 0.6) is 0 Å². The Labute approximate surface area is 106 Å². The maximum absolute atomic E-state index is 10.3. The second-order valence-corrected chi connectivity index (χ2v) is 4.27. The van der Waals surface area contributed by atoms with Crippen LogP contribution in [0.1, 0.15) is 26.2 Å². The number of hydrogen-bond donors (Lipinski definition) is 2. The van der Waals surface area contributed by atoms with E-state index in [9.17, 15) is 5.11 Å². The summed E-state index contributed by atoms with van der Waals surface area (Å²) in [5, 5.41) is 18.8. The van der Waals surface area contributed by atoms with E-state index in [2.05, 4.69) is 0 Å². The molecule has 0 radical (unpaired) electrons. The molecule has 3 aliphatic rings. The number of unbranched alkanes of at least 4 members (excludes halogenated alkanes) is 1. The first kappa shape index (κ1) is 14.2. The summed E-state index contributed by atoms with van der Waals surface area (Å²) >= 11 is 0. The van der Waals surface area contributed by atoms with Crippen molar-refractivity contribution in [1.82, 2.24) is 0 Å². The van der Waals surface area contributed by atoms with E-state index in [1.165, 1.54) is 0 Å². The second-order valence-electron chi connectivity index (χ2n) is 4.27. The quantitative estimate of drug-likeness (QED) is 0.432. The van der Waals surface area contributed by atoms with Gasteiger partial charge in [-0.1, -0.05) is 13.3 Å². The standard InChI is InChI=1S/C10H19BO7/c1-2-3-4-9(13)10(17-11(16-9)18-10)15-8-7-14-6-5-12/h12-13H,2-8H2,1H3. The normalized spacial score (nSPS) is 33.8. The first-order valence-corrected chi connectivity index (χ1v) is 6.24. The number of rotatable bonds is 9. The SMILES string of the molecule is CCCCC1(O)OB2OC1(OCCOCCO)O2. The van der Waals surface area contributed by atoms with Gasteiger partial charge >= 0.3 is 13.3 Å². The summed E-state index contributed by atoms with van der Waals surface area (Å²) < 4.78 is 26.1. The van der Waals surface area contributed by atoms with Crippen LogP contribution in [0.15, 0.2) is 0 Å². The summed E-state index contributed by atoms with van der Waals surface area (Å²) in [5.74, 6) is -3.07. The van der Waals surface area contributed by atoms with Crippen LogP contribution < -0.4 is 0 Å². The molecule has 0 aliphatic carbocycles. The van der Waals surface area contributed by atoms with Crippen LogP contribution in [0.3, 0.4) is 0 Å². The summed E-state index contributed by atoms with van der Waals surface area (Å²) in [7, 11) is -0.842. The fraction of sp³-hybridized carbons (Fsp3) is 1.00. The van der Waals surface area contributed by atoms with Crippen LogP contribution in [0.4, 0.5) is 0 Å². The van der Waals surface area contributed by atoms with Gasteiger partial charge in [-0.15, -0.1) is 0 Å². The molecule has 1 unspecified atom stereocenters. The Morgan fingerprint density at radius 1 is 1.17 bits per heavy atom. The van der Waals surface area contributed by atoms with Crippen LogP contribution >= 0.6 is 0 Å². The molecular weight excluding hydrogens is 243 g/mol. The van der Waals surface area contributed by atoms with Crippen molar-refractivity contribution >= 4 is 7.32 Å². The van der Waals surface area contributed by atoms with E-state index in [0.717, 1.165) is 12.8 Å². The van der Waals surface area contributed by atoms with Crippen LogP contribution in [0.25, 0.3) is 0 Å². The number of aliphatic hydroxyl groups is 2. The summed E-state index contributed by atoms with van der Waals surface area (Å²) in [4.78, 5) is 0. The van der Waals surface area contributed by atoms with Crippen molar-refractivity contribution in [3.63, 3.8) is 0 Å². The minimum absolute atomic E-state index is 0.0379. The molecular formula is C10H19BO7. The summed E-state index contributed by atoms with van der Waals surface area (Å²) in [6.07, 6.45) is 2.09. The Morgan fingerprint density at radius 2 is 1.94 bits per heavy atom. The first-order chi connectivity index (χ1) is 8.66. The zero-order valence-electron chi connectivity index (χ0n) is 10.5. The van der Waals surface area contributed by atoms with E-state index in [1.54, 1.807) is 0 Å². The molecule has 2 N–H and O–H groups in total.